The molecule has 2 aromatic rings. The molecule has 0 radical (unpaired) electrons. The van der Waals surface area contributed by atoms with E-state index < -0.39 is 0 Å². The molecule has 1 aromatic carbocycles. The maximum absolute atomic E-state index is 12.4. The Morgan fingerprint density at radius 3 is 2.84 bits per heavy atom. The van der Waals surface area contributed by atoms with Crippen molar-refractivity contribution in [2.45, 2.75) is 19.3 Å². The van der Waals surface area contributed by atoms with Gasteiger partial charge in [0.05, 0.1) is 5.56 Å². The number of hydrogen-bond acceptors (Lipinski definition) is 3. The summed E-state index contributed by atoms with van der Waals surface area (Å²) in [5.74, 6) is 0.700. The summed E-state index contributed by atoms with van der Waals surface area (Å²) in [6.07, 6.45) is 3.47. The third-order valence-corrected chi connectivity index (χ3v) is 5.82. The smallest absolute Gasteiger partial charge is 0.254 e. The number of thiophene rings is 1. The van der Waals surface area contributed by atoms with Crippen LogP contribution in [0.1, 0.15) is 28.8 Å². The Bertz CT molecular complexity index is 672. The van der Waals surface area contributed by atoms with Crippen molar-refractivity contribution in [3.8, 4) is 0 Å². The number of hydrogen-bond donors (Lipinski definition) is 0. The summed E-state index contributed by atoms with van der Waals surface area (Å²) in [4.78, 5) is 16.8. The van der Waals surface area contributed by atoms with Crippen molar-refractivity contribution in [2.24, 2.45) is 5.92 Å². The van der Waals surface area contributed by atoms with E-state index in [1.807, 2.05) is 40.9 Å². The molecule has 1 saturated heterocycles. The van der Waals surface area contributed by atoms with E-state index in [1.54, 1.807) is 11.3 Å². The van der Waals surface area contributed by atoms with E-state index in [4.69, 9.17) is 11.6 Å². The van der Waals surface area contributed by atoms with Gasteiger partial charge in [-0.1, -0.05) is 23.7 Å². The monoisotopic (exact) mass is 376 g/mol. The predicted molar refractivity (Wildman–Crippen MR) is 106 cm³/mol. The average molecular weight is 377 g/mol. The van der Waals surface area contributed by atoms with Gasteiger partial charge in [-0.15, -0.1) is 0 Å². The highest BCUT2D eigenvalue weighted by molar-refractivity contribution is 7.08. The number of piperidine rings is 1. The van der Waals surface area contributed by atoms with Crippen LogP contribution in [0.2, 0.25) is 5.02 Å². The van der Waals surface area contributed by atoms with Gasteiger partial charge < -0.3 is 9.80 Å². The Kier molecular flexibility index (Phi) is 6.51. The lowest BCUT2D eigenvalue weighted by Crippen LogP contribution is -2.42. The van der Waals surface area contributed by atoms with Gasteiger partial charge in [0.25, 0.3) is 5.91 Å². The fraction of sp³-hybridized carbons (Fsp3) is 0.450. The first kappa shape index (κ1) is 18.4. The van der Waals surface area contributed by atoms with Crippen molar-refractivity contribution in [3.05, 3.63) is 57.2 Å². The third-order valence-electron chi connectivity index (χ3n) is 4.88. The summed E-state index contributed by atoms with van der Waals surface area (Å²) < 4.78 is 0. The molecule has 0 aliphatic carbocycles. The van der Waals surface area contributed by atoms with Gasteiger partial charge in [0, 0.05) is 37.1 Å². The molecule has 25 heavy (non-hydrogen) atoms. The molecular weight excluding hydrogens is 352 g/mol. The lowest BCUT2D eigenvalue weighted by Gasteiger charge is -2.34. The summed E-state index contributed by atoms with van der Waals surface area (Å²) in [6, 6.07) is 10.0. The van der Waals surface area contributed by atoms with Crippen molar-refractivity contribution >= 4 is 28.8 Å². The van der Waals surface area contributed by atoms with E-state index >= 15 is 0 Å². The second-order valence-electron chi connectivity index (χ2n) is 6.88. The Morgan fingerprint density at radius 1 is 1.32 bits per heavy atom. The van der Waals surface area contributed by atoms with Gasteiger partial charge in [0.2, 0.25) is 0 Å². The fourth-order valence-corrected chi connectivity index (χ4v) is 4.27. The molecular formula is C20H25ClN2OS. The molecule has 134 valence electrons. The second-order valence-corrected chi connectivity index (χ2v) is 8.10. The zero-order chi connectivity index (χ0) is 17.6. The number of rotatable bonds is 6. The Balaban J connectivity index is 1.47. The molecule has 1 aromatic heterocycles. The van der Waals surface area contributed by atoms with Crippen LogP contribution in [0.4, 0.5) is 0 Å². The first-order valence-electron chi connectivity index (χ1n) is 8.86. The summed E-state index contributed by atoms with van der Waals surface area (Å²) >= 11 is 7.52. The van der Waals surface area contributed by atoms with Gasteiger partial charge >= 0.3 is 0 Å². The minimum Gasteiger partial charge on any atom is -0.341 e. The number of likely N-dealkylation sites (tertiary alicyclic amines) is 1. The summed E-state index contributed by atoms with van der Waals surface area (Å²) in [7, 11) is 1.92. The van der Waals surface area contributed by atoms with Crippen molar-refractivity contribution in [2.75, 3.05) is 33.2 Å². The quantitative estimate of drug-likeness (QED) is 0.744. The summed E-state index contributed by atoms with van der Waals surface area (Å²) in [5, 5.41) is 4.68. The van der Waals surface area contributed by atoms with Crippen molar-refractivity contribution < 1.29 is 4.79 Å². The normalized spacial score (nSPS) is 18.2. The molecule has 3 nitrogen and oxygen atoms in total. The third kappa shape index (κ3) is 5.30. The minimum absolute atomic E-state index is 0.138. The van der Waals surface area contributed by atoms with Crippen LogP contribution in [0.15, 0.2) is 41.1 Å². The lowest BCUT2D eigenvalue weighted by molar-refractivity contribution is 0.0731. The van der Waals surface area contributed by atoms with Gasteiger partial charge in [-0.05, 0) is 60.9 Å². The van der Waals surface area contributed by atoms with Crippen LogP contribution in [-0.4, -0.2) is 48.9 Å². The van der Waals surface area contributed by atoms with Gasteiger partial charge in [-0.2, -0.15) is 11.3 Å². The van der Waals surface area contributed by atoms with E-state index in [0.29, 0.717) is 5.92 Å². The molecule has 1 amide bonds. The standard InChI is InChI=1S/C20H25ClN2OS/c1-22(20(24)18-9-12-25-15-18)13-17-3-2-10-23(14-17)11-8-16-4-6-19(21)7-5-16/h4-7,9,12,15,17H,2-3,8,10-11,13-14H2,1H3/t17-/m1/s1. The molecule has 0 bridgehead atoms. The first-order chi connectivity index (χ1) is 12.1. The van der Waals surface area contributed by atoms with Crippen molar-refractivity contribution in [1.82, 2.24) is 9.80 Å². The SMILES string of the molecule is CN(C[C@H]1CCCN(CCc2ccc(Cl)cc2)C1)C(=O)c1ccsc1. The van der Waals surface area contributed by atoms with Crippen LogP contribution in [0.3, 0.4) is 0 Å². The maximum atomic E-state index is 12.4. The van der Waals surface area contributed by atoms with E-state index in [0.717, 1.165) is 43.2 Å². The van der Waals surface area contributed by atoms with Crippen LogP contribution in [0, 0.1) is 5.92 Å². The molecule has 1 aliphatic rings. The number of halogens is 1. The molecule has 0 saturated carbocycles. The fourth-order valence-electron chi connectivity index (χ4n) is 3.52. The van der Waals surface area contributed by atoms with Crippen molar-refractivity contribution in [1.29, 1.82) is 0 Å². The van der Waals surface area contributed by atoms with Crippen LogP contribution in [-0.2, 0) is 6.42 Å². The maximum Gasteiger partial charge on any atom is 0.254 e. The summed E-state index contributed by atoms with van der Waals surface area (Å²) in [5.41, 5.74) is 2.14. The molecule has 0 N–H and O–H groups in total. The number of benzene rings is 1. The molecule has 0 unspecified atom stereocenters. The minimum atomic E-state index is 0.138. The van der Waals surface area contributed by atoms with Gasteiger partial charge in [-0.3, -0.25) is 4.79 Å². The number of carbonyl (C=O) groups excluding carboxylic acids is 1. The Hall–Kier alpha value is -1.36. The van der Waals surface area contributed by atoms with Gasteiger partial charge in [-0.25, -0.2) is 0 Å². The largest absolute Gasteiger partial charge is 0.341 e. The van der Waals surface area contributed by atoms with Crippen molar-refractivity contribution in [3.63, 3.8) is 0 Å². The van der Waals surface area contributed by atoms with E-state index in [-0.39, 0.29) is 5.91 Å². The summed E-state index contributed by atoms with van der Waals surface area (Å²) in [6.45, 7) is 4.15. The first-order valence-corrected chi connectivity index (χ1v) is 10.2. The lowest BCUT2D eigenvalue weighted by atomic mass is 9.97. The van der Waals surface area contributed by atoms with Crippen LogP contribution in [0.5, 0.6) is 0 Å². The molecule has 1 atom stereocenters. The molecule has 3 rings (SSSR count). The van der Waals surface area contributed by atoms with Gasteiger partial charge in [0.15, 0.2) is 0 Å². The van der Waals surface area contributed by atoms with E-state index in [2.05, 4.69) is 17.0 Å². The molecule has 5 heteroatoms. The topological polar surface area (TPSA) is 23.6 Å². The predicted octanol–water partition coefficient (Wildman–Crippen LogP) is 4.43. The Morgan fingerprint density at radius 2 is 2.12 bits per heavy atom. The van der Waals surface area contributed by atoms with E-state index in [9.17, 15) is 4.79 Å². The number of carbonyl (C=O) groups is 1. The average Bonchev–Trinajstić information content (AvgIpc) is 3.15. The molecule has 2 heterocycles. The zero-order valence-electron chi connectivity index (χ0n) is 14.7. The zero-order valence-corrected chi connectivity index (χ0v) is 16.2. The number of nitrogens with zero attached hydrogens (tertiary/aromatic N) is 2. The molecule has 0 spiro atoms. The molecule has 1 aliphatic heterocycles. The molecule has 1 fully saturated rings. The second kappa shape index (κ2) is 8.84. The highest BCUT2D eigenvalue weighted by atomic mass is 35.5. The highest BCUT2D eigenvalue weighted by Gasteiger charge is 2.23. The van der Waals surface area contributed by atoms with Crippen LogP contribution < -0.4 is 0 Å². The highest BCUT2D eigenvalue weighted by Crippen LogP contribution is 2.19. The van der Waals surface area contributed by atoms with Crippen LogP contribution >= 0.6 is 22.9 Å². The van der Waals surface area contributed by atoms with Gasteiger partial charge in [0.1, 0.15) is 0 Å². The Labute approximate surface area is 159 Å². The number of amides is 1. The van der Waals surface area contributed by atoms with E-state index in [1.165, 1.54) is 18.4 Å². The van der Waals surface area contributed by atoms with Crippen LogP contribution in [0.25, 0.3) is 0 Å².